The van der Waals surface area contributed by atoms with Crippen molar-refractivity contribution in [2.75, 3.05) is 25.1 Å². The largest absolute Gasteiger partial charge is 0.400 e. The molecule has 1 aliphatic rings. The van der Waals surface area contributed by atoms with E-state index in [0.29, 0.717) is 0 Å². The van der Waals surface area contributed by atoms with Gasteiger partial charge in [-0.1, -0.05) is 6.07 Å². The van der Waals surface area contributed by atoms with Crippen molar-refractivity contribution >= 4 is 23.1 Å². The molecular formula is C20H24CmN2OS. The fraction of sp³-hybridized carbons (Fsp3) is 0.350. The second-order valence-corrected chi connectivity index (χ2v) is 6.78. The SMILES string of the molecule is CCN1CCCc2cc(-c3ccc(/C=C(/C)C#N)s3)ccc21.CO.[Cm]. The molecule has 2 heterocycles. The van der Waals surface area contributed by atoms with Crippen LogP contribution in [0.2, 0.25) is 0 Å². The first-order valence-corrected chi connectivity index (χ1v) is 9.04. The van der Waals surface area contributed by atoms with E-state index in [-0.39, 0.29) is 0 Å². The summed E-state index contributed by atoms with van der Waals surface area (Å²) in [6, 6.07) is 13.3. The summed E-state index contributed by atoms with van der Waals surface area (Å²) in [5, 5.41) is 15.9. The number of anilines is 1. The van der Waals surface area contributed by atoms with Crippen molar-refractivity contribution in [2.45, 2.75) is 26.7 Å². The van der Waals surface area contributed by atoms with Crippen molar-refractivity contribution in [3.8, 4) is 16.5 Å². The molecule has 0 bridgehead atoms. The van der Waals surface area contributed by atoms with E-state index in [1.54, 1.807) is 11.3 Å². The number of aliphatic hydroxyl groups is 1. The summed E-state index contributed by atoms with van der Waals surface area (Å²) in [5.41, 5.74) is 4.90. The number of nitrogens with zero attached hydrogens (tertiary/aromatic N) is 2. The van der Waals surface area contributed by atoms with E-state index in [0.717, 1.165) is 24.1 Å². The third-order valence-corrected chi connectivity index (χ3v) is 5.20. The molecule has 0 radical (unpaired) electrons. The standard InChI is InChI=1S/C19H20N2S.CH4O.Cm/c1-3-21-10-4-5-15-12-16(6-8-18(15)21)19-9-7-17(22-19)11-14(2)13-20;1-2;/h6-9,11-12H,3-5,10H2,1-2H3;2H,1H3;/b14-11-;;. The summed E-state index contributed by atoms with van der Waals surface area (Å²) in [5.74, 6) is 0. The van der Waals surface area contributed by atoms with Crippen molar-refractivity contribution in [1.82, 2.24) is 0 Å². The molecule has 3 rings (SSSR count). The van der Waals surface area contributed by atoms with Crippen LogP contribution in [0.4, 0.5) is 5.69 Å². The van der Waals surface area contributed by atoms with E-state index in [4.69, 9.17) is 10.4 Å². The average Bonchev–Trinajstić information content (AvgIpc) is 3.10. The van der Waals surface area contributed by atoms with Crippen molar-refractivity contribution in [2.24, 2.45) is 0 Å². The van der Waals surface area contributed by atoms with E-state index in [2.05, 4.69) is 48.2 Å². The van der Waals surface area contributed by atoms with Crippen LogP contribution in [0.1, 0.15) is 30.7 Å². The molecule has 0 fully saturated rings. The van der Waals surface area contributed by atoms with Crippen LogP contribution in [0.15, 0.2) is 35.9 Å². The molecule has 0 atom stereocenters. The summed E-state index contributed by atoms with van der Waals surface area (Å²) >= 11 is 1.75. The molecule has 0 aliphatic carbocycles. The van der Waals surface area contributed by atoms with Crippen LogP contribution in [0.25, 0.3) is 16.5 Å². The van der Waals surface area contributed by atoms with Crippen LogP contribution in [-0.2, 0) is 6.42 Å². The Morgan fingerprint density at radius 1 is 1.32 bits per heavy atom. The number of hydrogen-bond donors (Lipinski definition) is 1. The van der Waals surface area contributed by atoms with Crippen LogP contribution < -0.4 is 4.90 Å². The molecule has 1 aromatic carbocycles. The van der Waals surface area contributed by atoms with Gasteiger partial charge in [-0.15, -0.1) is 11.3 Å². The number of hydrogen-bond acceptors (Lipinski definition) is 4. The van der Waals surface area contributed by atoms with Gasteiger partial charge in [0.05, 0.1) is 6.07 Å². The van der Waals surface area contributed by atoms with Crippen molar-refractivity contribution < 1.29 is 5.11 Å². The topological polar surface area (TPSA) is 47.3 Å². The monoisotopic (exact) mass is 583 g/mol. The molecule has 1 N–H and O–H groups in total. The minimum absolute atomic E-state index is 0. The van der Waals surface area contributed by atoms with Crippen LogP contribution in [-0.4, -0.2) is 25.3 Å². The van der Waals surface area contributed by atoms with Crippen LogP contribution >= 0.6 is 11.3 Å². The number of rotatable bonds is 3. The predicted octanol–water partition coefficient (Wildman–Crippen LogP) is 4.72. The van der Waals surface area contributed by atoms with Gasteiger partial charge in [0.1, 0.15) is 0 Å². The fourth-order valence-corrected chi connectivity index (χ4v) is 3.99. The Morgan fingerprint density at radius 2 is 2.08 bits per heavy atom. The van der Waals surface area contributed by atoms with Gasteiger partial charge < -0.3 is 10.0 Å². The number of allylic oxidation sites excluding steroid dienone is 1. The van der Waals surface area contributed by atoms with E-state index >= 15 is 0 Å². The number of benzene rings is 1. The molecule has 0 unspecified atom stereocenters. The Balaban J connectivity index is 0.00000101. The van der Waals surface area contributed by atoms with Gasteiger partial charge in [0.25, 0.3) is 0 Å². The normalized spacial score (nSPS) is 13.1. The molecule has 0 saturated heterocycles. The molecule has 1 aromatic heterocycles. The van der Waals surface area contributed by atoms with Gasteiger partial charge in [0, 0.05) is 41.2 Å². The van der Waals surface area contributed by atoms with Crippen LogP contribution in [0.5, 0.6) is 0 Å². The molecule has 2 aromatic rings. The smallest absolute Gasteiger partial charge is 0.0944 e. The number of nitriles is 1. The first kappa shape index (κ1) is 20.0. The van der Waals surface area contributed by atoms with E-state index in [1.807, 2.05) is 13.0 Å². The van der Waals surface area contributed by atoms with Gasteiger partial charge in [-0.3, -0.25) is 0 Å². The second-order valence-electron chi connectivity index (χ2n) is 5.67. The van der Waals surface area contributed by atoms with Crippen molar-refractivity contribution in [3.63, 3.8) is 0 Å². The van der Waals surface area contributed by atoms with Gasteiger partial charge in [-0.05, 0) is 68.2 Å². The van der Waals surface area contributed by atoms with Gasteiger partial charge in [-0.25, -0.2) is 0 Å². The third-order valence-electron chi connectivity index (χ3n) is 4.12. The number of aryl methyl sites for hydroxylation is 1. The third kappa shape index (κ3) is 4.47. The number of thiophene rings is 1. The Bertz CT molecular complexity index is 761. The summed E-state index contributed by atoms with van der Waals surface area (Å²) in [6.45, 7) is 6.31. The molecule has 25 heavy (non-hydrogen) atoms. The van der Waals surface area contributed by atoms with Crippen LogP contribution in [0.3, 0.4) is 0 Å². The molecule has 134 valence electrons. The molecule has 0 spiro atoms. The zero-order valence-corrected chi connectivity index (χ0v) is 18.7. The van der Waals surface area contributed by atoms with E-state index in [1.165, 1.54) is 41.1 Å². The van der Waals surface area contributed by atoms with Crippen molar-refractivity contribution in [1.29, 1.82) is 5.26 Å². The predicted molar refractivity (Wildman–Crippen MR) is 103 cm³/mol. The zero-order chi connectivity index (χ0) is 17.5. The number of aliphatic hydroxyl groups excluding tert-OH is 1. The molecule has 0 amide bonds. The zero-order valence-electron chi connectivity index (χ0n) is 14.9. The molecule has 0 saturated carbocycles. The first-order chi connectivity index (χ1) is 11.7. The van der Waals surface area contributed by atoms with Gasteiger partial charge >= 0.3 is 0 Å². The summed E-state index contributed by atoms with van der Waals surface area (Å²) in [4.78, 5) is 4.87. The first-order valence-electron chi connectivity index (χ1n) is 8.22. The fourth-order valence-electron chi connectivity index (χ4n) is 2.99. The molecule has 3 nitrogen and oxygen atoms in total. The van der Waals surface area contributed by atoms with Gasteiger partial charge in [0.15, 0.2) is 0 Å². The molecule has 1 aliphatic heterocycles. The summed E-state index contributed by atoms with van der Waals surface area (Å²) in [7, 11) is 1.00. The van der Waals surface area contributed by atoms with Gasteiger partial charge in [0.2, 0.25) is 0 Å². The van der Waals surface area contributed by atoms with Crippen LogP contribution in [0, 0.1) is 11.3 Å². The minimum atomic E-state index is 0. The number of fused-ring (bicyclic) bond motifs is 1. The Hall–Kier alpha value is -3.09. The Morgan fingerprint density at radius 3 is 2.76 bits per heavy atom. The van der Waals surface area contributed by atoms with E-state index < -0.39 is 0 Å². The summed E-state index contributed by atoms with van der Waals surface area (Å²) < 4.78 is 0. The maximum atomic E-state index is 8.88. The Kier molecular flexibility index (Phi) is 7.40. The molecular weight excluding hydrogens is 563 g/mol. The quantitative estimate of drug-likeness (QED) is 0.529. The van der Waals surface area contributed by atoms with Gasteiger partial charge in [-0.2, -0.15) is 5.26 Å². The molecule has 5 heteroatoms. The minimum Gasteiger partial charge on any atom is -0.400 e. The second kappa shape index (κ2) is 9.27. The average molecular weight is 587 g/mol. The van der Waals surface area contributed by atoms with E-state index in [9.17, 15) is 0 Å². The maximum absolute atomic E-state index is 8.88. The summed E-state index contributed by atoms with van der Waals surface area (Å²) in [6.07, 6.45) is 4.36. The van der Waals surface area contributed by atoms with Crippen molar-refractivity contribution in [3.05, 3.63) is 46.3 Å². The Labute approximate surface area is 148 Å². The maximum Gasteiger partial charge on any atom is 0.0944 e.